The number of aromatic nitrogens is 1. The van der Waals surface area contributed by atoms with Crippen LogP contribution in [0.3, 0.4) is 0 Å². The van der Waals surface area contributed by atoms with Gasteiger partial charge in [0.1, 0.15) is 5.82 Å². The lowest BCUT2D eigenvalue weighted by Crippen LogP contribution is -2.38. The highest BCUT2D eigenvalue weighted by molar-refractivity contribution is 7.91. The standard InChI is InChI=1S/C10H13N3O2S2/c14-17(15)6-4-8(7-17)12-10(16)13-9-3-1-2-5-11-9/h1-3,5,8H,4,6-7H2,(H2,11,12,13,16)/t8-/m1/s1. The van der Waals surface area contributed by atoms with E-state index in [0.717, 1.165) is 0 Å². The average molecular weight is 271 g/mol. The van der Waals surface area contributed by atoms with Crippen molar-refractivity contribution in [2.45, 2.75) is 12.5 Å². The summed E-state index contributed by atoms with van der Waals surface area (Å²) in [6, 6.07) is 5.35. The summed E-state index contributed by atoms with van der Waals surface area (Å²) in [6.45, 7) is 0. The van der Waals surface area contributed by atoms with Crippen LogP contribution in [0, 0.1) is 0 Å². The minimum atomic E-state index is -2.88. The second-order valence-electron chi connectivity index (χ2n) is 3.91. The van der Waals surface area contributed by atoms with Crippen molar-refractivity contribution in [1.29, 1.82) is 0 Å². The Bertz CT molecular complexity index is 502. The number of hydrogen-bond donors (Lipinski definition) is 2. The maximum absolute atomic E-state index is 11.3. The Hall–Kier alpha value is -1.21. The zero-order valence-electron chi connectivity index (χ0n) is 9.09. The lowest BCUT2D eigenvalue weighted by molar-refractivity contribution is 0.600. The Balaban J connectivity index is 1.87. The van der Waals surface area contributed by atoms with E-state index in [0.29, 0.717) is 17.4 Å². The van der Waals surface area contributed by atoms with Crippen molar-refractivity contribution in [3.05, 3.63) is 24.4 Å². The number of anilines is 1. The van der Waals surface area contributed by atoms with Crippen LogP contribution in [0.25, 0.3) is 0 Å². The van der Waals surface area contributed by atoms with E-state index in [2.05, 4.69) is 15.6 Å². The lowest BCUT2D eigenvalue weighted by Gasteiger charge is -2.14. The highest BCUT2D eigenvalue weighted by Gasteiger charge is 2.28. The van der Waals surface area contributed by atoms with Crippen molar-refractivity contribution < 1.29 is 8.42 Å². The second-order valence-corrected chi connectivity index (χ2v) is 6.55. The Labute approximate surface area is 106 Å². The van der Waals surface area contributed by atoms with Gasteiger partial charge in [-0.2, -0.15) is 0 Å². The number of nitrogens with zero attached hydrogens (tertiary/aromatic N) is 1. The SMILES string of the molecule is O=S1(=O)CC[C@@H](NC(=S)Nc2ccccn2)C1. The average Bonchev–Trinajstić information content (AvgIpc) is 2.59. The zero-order valence-corrected chi connectivity index (χ0v) is 10.7. The predicted octanol–water partition coefficient (Wildman–Crippen LogP) is 0.555. The summed E-state index contributed by atoms with van der Waals surface area (Å²) in [4.78, 5) is 4.07. The summed E-state index contributed by atoms with van der Waals surface area (Å²) in [7, 11) is -2.88. The normalized spacial score (nSPS) is 22.0. The van der Waals surface area contributed by atoms with E-state index < -0.39 is 9.84 Å². The van der Waals surface area contributed by atoms with E-state index in [1.54, 1.807) is 12.3 Å². The Morgan fingerprint density at radius 2 is 2.29 bits per heavy atom. The van der Waals surface area contributed by atoms with E-state index in [-0.39, 0.29) is 17.5 Å². The molecule has 2 N–H and O–H groups in total. The van der Waals surface area contributed by atoms with Crippen molar-refractivity contribution in [2.24, 2.45) is 0 Å². The topological polar surface area (TPSA) is 71.1 Å². The maximum atomic E-state index is 11.3. The highest BCUT2D eigenvalue weighted by Crippen LogP contribution is 2.11. The molecule has 92 valence electrons. The molecule has 1 aromatic heterocycles. The first-order valence-electron chi connectivity index (χ1n) is 5.24. The van der Waals surface area contributed by atoms with Crippen LogP contribution < -0.4 is 10.6 Å². The van der Waals surface area contributed by atoms with Gasteiger partial charge in [0.05, 0.1) is 11.5 Å². The van der Waals surface area contributed by atoms with Gasteiger partial charge in [0.2, 0.25) is 0 Å². The molecule has 0 aromatic carbocycles. The summed E-state index contributed by atoms with van der Waals surface area (Å²) >= 11 is 5.09. The van der Waals surface area contributed by atoms with Gasteiger partial charge in [-0.05, 0) is 30.8 Å². The second kappa shape index (κ2) is 4.97. The molecule has 0 bridgehead atoms. The summed E-state index contributed by atoms with van der Waals surface area (Å²) in [5.41, 5.74) is 0. The highest BCUT2D eigenvalue weighted by atomic mass is 32.2. The third-order valence-electron chi connectivity index (χ3n) is 2.47. The van der Waals surface area contributed by atoms with E-state index in [1.807, 2.05) is 12.1 Å². The molecule has 0 radical (unpaired) electrons. The molecule has 7 heteroatoms. The minimum Gasteiger partial charge on any atom is -0.359 e. The first kappa shape index (κ1) is 12.3. The van der Waals surface area contributed by atoms with Crippen molar-refractivity contribution >= 4 is 33.0 Å². The Kier molecular flexibility index (Phi) is 3.58. The molecule has 0 amide bonds. The number of sulfone groups is 1. The molecule has 1 saturated heterocycles. The molecule has 1 aliphatic rings. The van der Waals surface area contributed by atoms with E-state index >= 15 is 0 Å². The largest absolute Gasteiger partial charge is 0.359 e. The first-order chi connectivity index (χ1) is 8.05. The maximum Gasteiger partial charge on any atom is 0.172 e. The molecular weight excluding hydrogens is 258 g/mol. The molecular formula is C10H13N3O2S2. The number of rotatable bonds is 2. The van der Waals surface area contributed by atoms with Gasteiger partial charge in [-0.25, -0.2) is 13.4 Å². The Morgan fingerprint density at radius 1 is 1.47 bits per heavy atom. The van der Waals surface area contributed by atoms with E-state index in [4.69, 9.17) is 12.2 Å². The summed E-state index contributed by atoms with van der Waals surface area (Å²) in [5.74, 6) is 1.03. The molecule has 0 spiro atoms. The molecule has 1 aliphatic heterocycles. The fraction of sp³-hybridized carbons (Fsp3) is 0.400. The van der Waals surface area contributed by atoms with Crippen LogP contribution in [0.1, 0.15) is 6.42 Å². The molecule has 0 unspecified atom stereocenters. The zero-order chi connectivity index (χ0) is 12.3. The van der Waals surface area contributed by atoms with Crippen molar-refractivity contribution in [2.75, 3.05) is 16.8 Å². The van der Waals surface area contributed by atoms with Crippen LogP contribution in [-0.2, 0) is 9.84 Å². The van der Waals surface area contributed by atoms with Gasteiger partial charge in [-0.15, -0.1) is 0 Å². The van der Waals surface area contributed by atoms with Gasteiger partial charge in [-0.3, -0.25) is 0 Å². The van der Waals surface area contributed by atoms with Crippen molar-refractivity contribution in [1.82, 2.24) is 10.3 Å². The quantitative estimate of drug-likeness (QED) is 0.766. The Morgan fingerprint density at radius 3 is 2.88 bits per heavy atom. The van der Waals surface area contributed by atoms with Crippen LogP contribution in [0.2, 0.25) is 0 Å². The minimum absolute atomic E-state index is 0.0938. The predicted molar refractivity (Wildman–Crippen MR) is 70.7 cm³/mol. The molecule has 2 rings (SSSR count). The molecule has 1 fully saturated rings. The van der Waals surface area contributed by atoms with Gasteiger partial charge in [-0.1, -0.05) is 6.07 Å². The fourth-order valence-electron chi connectivity index (χ4n) is 1.68. The molecule has 1 atom stereocenters. The number of pyridine rings is 1. The van der Waals surface area contributed by atoms with Crippen LogP contribution >= 0.6 is 12.2 Å². The van der Waals surface area contributed by atoms with Crippen LogP contribution in [0.5, 0.6) is 0 Å². The van der Waals surface area contributed by atoms with Gasteiger partial charge in [0, 0.05) is 12.2 Å². The molecule has 0 aliphatic carbocycles. The van der Waals surface area contributed by atoms with E-state index in [9.17, 15) is 8.42 Å². The van der Waals surface area contributed by atoms with Crippen LogP contribution in [-0.4, -0.2) is 36.1 Å². The van der Waals surface area contributed by atoms with Crippen molar-refractivity contribution in [3.8, 4) is 0 Å². The summed E-state index contributed by atoms with van der Waals surface area (Å²) in [6.07, 6.45) is 2.26. The van der Waals surface area contributed by atoms with Gasteiger partial charge in [0.25, 0.3) is 0 Å². The van der Waals surface area contributed by atoms with Crippen molar-refractivity contribution in [3.63, 3.8) is 0 Å². The van der Waals surface area contributed by atoms with E-state index in [1.165, 1.54) is 0 Å². The molecule has 0 saturated carbocycles. The lowest BCUT2D eigenvalue weighted by atomic mass is 10.3. The third-order valence-corrected chi connectivity index (χ3v) is 4.46. The molecule has 5 nitrogen and oxygen atoms in total. The fourth-order valence-corrected chi connectivity index (χ4v) is 3.63. The summed E-state index contributed by atoms with van der Waals surface area (Å²) < 4.78 is 22.5. The number of hydrogen-bond acceptors (Lipinski definition) is 4. The first-order valence-corrected chi connectivity index (χ1v) is 7.47. The monoisotopic (exact) mass is 271 g/mol. The van der Waals surface area contributed by atoms with Gasteiger partial charge < -0.3 is 10.6 Å². The smallest absolute Gasteiger partial charge is 0.172 e. The molecule has 17 heavy (non-hydrogen) atoms. The van der Waals surface area contributed by atoms with Crippen LogP contribution in [0.15, 0.2) is 24.4 Å². The third kappa shape index (κ3) is 3.64. The van der Waals surface area contributed by atoms with Gasteiger partial charge >= 0.3 is 0 Å². The van der Waals surface area contributed by atoms with Crippen LogP contribution in [0.4, 0.5) is 5.82 Å². The number of nitrogens with one attached hydrogen (secondary N) is 2. The molecule has 1 aromatic rings. The van der Waals surface area contributed by atoms with Gasteiger partial charge in [0.15, 0.2) is 14.9 Å². The number of thiocarbonyl (C=S) groups is 1. The molecule has 2 heterocycles. The summed E-state index contributed by atoms with van der Waals surface area (Å²) in [5, 5.41) is 6.30.